The molecule has 4 nitrogen and oxygen atoms in total. The van der Waals surface area contributed by atoms with E-state index >= 15 is 0 Å². The molecule has 0 aliphatic carbocycles. The Morgan fingerprint density at radius 3 is 2.24 bits per heavy atom. The van der Waals surface area contributed by atoms with Crippen LogP contribution in [0.2, 0.25) is 0 Å². The molecule has 2 aromatic carbocycles. The Kier molecular flexibility index (Phi) is 3.55. The summed E-state index contributed by atoms with van der Waals surface area (Å²) >= 11 is 0. The van der Waals surface area contributed by atoms with Gasteiger partial charge in [-0.05, 0) is 11.5 Å². The number of fused-ring (bicyclic) bond motifs is 3. The number of carbonyl (C=O) groups is 1. The molecule has 1 heterocycles. The molecule has 0 fully saturated rings. The predicted octanol–water partition coefficient (Wildman–Crippen LogP) is 4.03. The van der Waals surface area contributed by atoms with Crippen molar-refractivity contribution in [3.8, 4) is 5.75 Å². The zero-order valence-electron chi connectivity index (χ0n) is 12.0. The first-order valence-electron chi connectivity index (χ1n) is 6.72. The highest BCUT2D eigenvalue weighted by atomic mass is 19.4. The number of ketones is 1. The molecule has 9 heteroatoms. The third kappa shape index (κ3) is 2.43. The Balaban J connectivity index is 2.34. The third-order valence-corrected chi connectivity index (χ3v) is 3.64. The fourth-order valence-corrected chi connectivity index (χ4v) is 2.40. The average molecular weight is 358 g/mol. The van der Waals surface area contributed by atoms with Gasteiger partial charge in [0.1, 0.15) is 11.3 Å². The summed E-state index contributed by atoms with van der Waals surface area (Å²) in [5.41, 5.74) is -3.76. The lowest BCUT2D eigenvalue weighted by molar-refractivity contribution is -0.255. The van der Waals surface area contributed by atoms with Crippen molar-refractivity contribution in [3.05, 3.63) is 52.4 Å². The van der Waals surface area contributed by atoms with E-state index in [1.165, 1.54) is 12.1 Å². The van der Waals surface area contributed by atoms with Gasteiger partial charge in [-0.15, -0.1) is 0 Å². The monoisotopic (exact) mass is 358 g/mol. The summed E-state index contributed by atoms with van der Waals surface area (Å²) in [6.07, 6.45) is -6.22. The molecule has 0 aliphatic rings. The van der Waals surface area contributed by atoms with Crippen LogP contribution in [-0.2, 0) is 0 Å². The van der Waals surface area contributed by atoms with E-state index in [1.807, 2.05) is 0 Å². The van der Waals surface area contributed by atoms with Crippen LogP contribution in [-0.4, -0.2) is 23.0 Å². The number of alkyl halides is 5. The highest BCUT2D eigenvalue weighted by Crippen LogP contribution is 2.40. The zero-order chi connectivity index (χ0) is 18.6. The van der Waals surface area contributed by atoms with E-state index in [-0.39, 0.29) is 11.0 Å². The van der Waals surface area contributed by atoms with Crippen molar-refractivity contribution in [2.24, 2.45) is 0 Å². The van der Waals surface area contributed by atoms with Crippen molar-refractivity contribution in [3.63, 3.8) is 0 Å². The lowest BCUT2D eigenvalue weighted by Crippen LogP contribution is -2.45. The van der Waals surface area contributed by atoms with E-state index in [0.717, 1.165) is 6.07 Å². The molecular formula is C16H7F5O4. The summed E-state index contributed by atoms with van der Waals surface area (Å²) in [6, 6.07) is 8.92. The van der Waals surface area contributed by atoms with Gasteiger partial charge in [0.15, 0.2) is 5.56 Å². The molecular weight excluding hydrogens is 351 g/mol. The lowest BCUT2D eigenvalue weighted by Gasteiger charge is -2.18. The van der Waals surface area contributed by atoms with E-state index in [4.69, 9.17) is 4.42 Å². The molecule has 3 rings (SSSR count). The molecule has 25 heavy (non-hydrogen) atoms. The molecule has 0 radical (unpaired) electrons. The summed E-state index contributed by atoms with van der Waals surface area (Å²) in [4.78, 5) is 23.4. The number of hydrogen-bond donors (Lipinski definition) is 1. The van der Waals surface area contributed by atoms with E-state index in [9.17, 15) is 36.6 Å². The van der Waals surface area contributed by atoms with Gasteiger partial charge in [0, 0.05) is 5.39 Å². The minimum absolute atomic E-state index is 0.229. The molecule has 0 atom stereocenters. The van der Waals surface area contributed by atoms with Crippen molar-refractivity contribution >= 4 is 27.5 Å². The summed E-state index contributed by atoms with van der Waals surface area (Å²) in [5, 5.41) is 10.6. The van der Waals surface area contributed by atoms with Crippen molar-refractivity contribution in [2.45, 2.75) is 12.1 Å². The first-order valence-corrected chi connectivity index (χ1v) is 6.72. The van der Waals surface area contributed by atoms with Gasteiger partial charge in [-0.1, -0.05) is 30.3 Å². The normalized spacial score (nSPS) is 12.7. The second-order valence-corrected chi connectivity index (χ2v) is 5.18. The third-order valence-electron chi connectivity index (χ3n) is 3.64. The van der Waals surface area contributed by atoms with Gasteiger partial charge in [0.05, 0.1) is 5.39 Å². The van der Waals surface area contributed by atoms with Crippen molar-refractivity contribution in [1.82, 2.24) is 0 Å². The molecule has 1 N–H and O–H groups in total. The van der Waals surface area contributed by atoms with Crippen LogP contribution in [0.15, 0.2) is 45.6 Å². The molecule has 0 saturated carbocycles. The first kappa shape index (κ1) is 16.9. The van der Waals surface area contributed by atoms with Crippen LogP contribution in [0.25, 0.3) is 21.7 Å². The smallest absolute Gasteiger partial charge is 0.461 e. The van der Waals surface area contributed by atoms with Crippen LogP contribution in [0.3, 0.4) is 0 Å². The Labute approximate surface area is 135 Å². The number of halogens is 5. The number of rotatable bonds is 2. The van der Waals surface area contributed by atoms with Crippen molar-refractivity contribution in [2.75, 3.05) is 0 Å². The van der Waals surface area contributed by atoms with E-state index in [1.54, 1.807) is 18.2 Å². The van der Waals surface area contributed by atoms with E-state index in [2.05, 4.69) is 0 Å². The van der Waals surface area contributed by atoms with Crippen LogP contribution in [0.1, 0.15) is 10.4 Å². The lowest BCUT2D eigenvalue weighted by atomic mass is 10.0. The highest BCUT2D eigenvalue weighted by Gasteiger charge is 2.64. The second-order valence-electron chi connectivity index (χ2n) is 5.18. The standard InChI is InChI=1S/C16H7F5O4/c17-15(18,16(19,20)21)13(23)10-11(22)9-6-5-7-3-1-2-4-8(7)12(9)25-14(10)24/h1-6,22H. The number of aromatic hydroxyl groups is 1. The van der Waals surface area contributed by atoms with Crippen LogP contribution >= 0.6 is 0 Å². The number of hydrogen-bond acceptors (Lipinski definition) is 4. The molecule has 0 saturated heterocycles. The highest BCUT2D eigenvalue weighted by molar-refractivity contribution is 6.11. The number of benzene rings is 2. The largest absolute Gasteiger partial charge is 0.506 e. The van der Waals surface area contributed by atoms with E-state index in [0.29, 0.717) is 10.8 Å². The van der Waals surface area contributed by atoms with Crippen LogP contribution in [0.4, 0.5) is 22.0 Å². The quantitative estimate of drug-likeness (QED) is 0.325. The van der Waals surface area contributed by atoms with Crippen LogP contribution in [0.5, 0.6) is 5.75 Å². The predicted molar refractivity (Wildman–Crippen MR) is 77.0 cm³/mol. The Morgan fingerprint density at radius 1 is 0.960 bits per heavy atom. The molecule has 3 aromatic rings. The van der Waals surface area contributed by atoms with Gasteiger partial charge >= 0.3 is 17.7 Å². The maximum Gasteiger partial charge on any atom is 0.461 e. The minimum atomic E-state index is -6.22. The zero-order valence-corrected chi connectivity index (χ0v) is 12.0. The minimum Gasteiger partial charge on any atom is -0.506 e. The first-order chi connectivity index (χ1) is 11.6. The molecule has 0 spiro atoms. The SMILES string of the molecule is O=C(c1c(O)c2ccc3ccccc3c2oc1=O)C(F)(F)C(F)(F)F. The molecule has 0 aliphatic heterocycles. The number of Topliss-reactive ketones (excluding diaryl/α,β-unsaturated/α-hetero) is 1. The fraction of sp³-hybridized carbons (Fsp3) is 0.125. The van der Waals surface area contributed by atoms with E-state index < -0.39 is 34.8 Å². The summed E-state index contributed by atoms with van der Waals surface area (Å²) in [6.45, 7) is 0. The van der Waals surface area contributed by atoms with Gasteiger partial charge in [0.25, 0.3) is 5.78 Å². The summed E-state index contributed by atoms with van der Waals surface area (Å²) in [7, 11) is 0. The van der Waals surface area contributed by atoms with Crippen LogP contribution in [0, 0.1) is 0 Å². The number of carbonyl (C=O) groups excluding carboxylic acids is 1. The van der Waals surface area contributed by atoms with Crippen molar-refractivity contribution in [1.29, 1.82) is 0 Å². The van der Waals surface area contributed by atoms with Gasteiger partial charge in [0.2, 0.25) is 0 Å². The van der Waals surface area contributed by atoms with Gasteiger partial charge in [-0.2, -0.15) is 22.0 Å². The molecule has 0 amide bonds. The molecule has 0 bridgehead atoms. The maximum absolute atomic E-state index is 13.3. The van der Waals surface area contributed by atoms with Gasteiger partial charge in [-0.3, -0.25) is 4.79 Å². The Bertz CT molecular complexity index is 1070. The Hall–Kier alpha value is -2.97. The molecule has 0 unspecified atom stereocenters. The second kappa shape index (κ2) is 5.27. The van der Waals surface area contributed by atoms with Gasteiger partial charge in [-0.25, -0.2) is 4.79 Å². The topological polar surface area (TPSA) is 67.5 Å². The van der Waals surface area contributed by atoms with Crippen LogP contribution < -0.4 is 5.63 Å². The summed E-state index contributed by atoms with van der Waals surface area (Å²) < 4.78 is 68.4. The Morgan fingerprint density at radius 2 is 1.60 bits per heavy atom. The molecule has 130 valence electrons. The average Bonchev–Trinajstić information content (AvgIpc) is 2.53. The van der Waals surface area contributed by atoms with Gasteiger partial charge < -0.3 is 9.52 Å². The van der Waals surface area contributed by atoms with Crippen molar-refractivity contribution < 1.29 is 36.3 Å². The summed E-state index contributed by atoms with van der Waals surface area (Å²) in [5.74, 6) is -10.0. The fourth-order valence-electron chi connectivity index (χ4n) is 2.40. The maximum atomic E-state index is 13.3. The molecule has 1 aromatic heterocycles.